The van der Waals surface area contributed by atoms with E-state index >= 15 is 0 Å². The molecule has 1 saturated heterocycles. The number of alkyl halides is 3. The number of halogens is 4. The minimum atomic E-state index is -4.52. The maximum atomic E-state index is 12.3. The van der Waals surface area contributed by atoms with Crippen molar-refractivity contribution in [2.45, 2.75) is 37.9 Å². The Kier molecular flexibility index (Phi) is 5.93. The third-order valence-electron chi connectivity index (χ3n) is 3.39. The molecule has 0 bridgehead atoms. The fourth-order valence-electron chi connectivity index (χ4n) is 2.27. The maximum absolute atomic E-state index is 12.3. The van der Waals surface area contributed by atoms with Gasteiger partial charge in [0.1, 0.15) is 11.8 Å². The zero-order chi connectivity index (χ0) is 17.7. The minimum absolute atomic E-state index is 0.0622. The standard InChI is InChI=1S/C15H16ClF3N2O3/c16-9-5-6-10(12(7-9)24-8-15(17,18)19)21-14(23)11-3-1-2-4-13(22)20-11/h5-7,11H,1-4,8H2,(H,20,22)(H,21,23). The second-order valence-corrected chi connectivity index (χ2v) is 5.84. The van der Waals surface area contributed by atoms with Crippen LogP contribution >= 0.6 is 11.6 Å². The first-order chi connectivity index (χ1) is 11.2. The van der Waals surface area contributed by atoms with Crippen LogP contribution in [0.25, 0.3) is 0 Å². The number of anilines is 1. The molecule has 1 aliphatic heterocycles. The molecule has 24 heavy (non-hydrogen) atoms. The highest BCUT2D eigenvalue weighted by Crippen LogP contribution is 2.30. The number of hydrogen-bond donors (Lipinski definition) is 2. The van der Waals surface area contributed by atoms with Crippen LogP contribution in [-0.2, 0) is 9.59 Å². The van der Waals surface area contributed by atoms with Crippen molar-refractivity contribution in [3.05, 3.63) is 23.2 Å². The number of carbonyl (C=O) groups is 2. The van der Waals surface area contributed by atoms with Gasteiger partial charge in [0.2, 0.25) is 11.8 Å². The van der Waals surface area contributed by atoms with Gasteiger partial charge in [0.25, 0.3) is 0 Å². The molecule has 9 heteroatoms. The normalized spacial score (nSPS) is 18.5. The molecule has 1 aliphatic rings. The van der Waals surface area contributed by atoms with Crippen LogP contribution in [0.1, 0.15) is 25.7 Å². The average molecular weight is 365 g/mol. The summed E-state index contributed by atoms with van der Waals surface area (Å²) < 4.78 is 41.7. The van der Waals surface area contributed by atoms with Gasteiger partial charge in [0, 0.05) is 17.5 Å². The van der Waals surface area contributed by atoms with Gasteiger partial charge in [-0.05, 0) is 25.0 Å². The molecular weight excluding hydrogens is 349 g/mol. The lowest BCUT2D eigenvalue weighted by atomic mass is 10.1. The second-order valence-electron chi connectivity index (χ2n) is 5.40. The Labute approximate surface area is 141 Å². The summed E-state index contributed by atoms with van der Waals surface area (Å²) in [5.74, 6) is -0.921. The predicted molar refractivity (Wildman–Crippen MR) is 82.0 cm³/mol. The number of benzene rings is 1. The average Bonchev–Trinajstić information content (AvgIpc) is 2.71. The van der Waals surface area contributed by atoms with Gasteiger partial charge in [-0.1, -0.05) is 18.0 Å². The van der Waals surface area contributed by atoms with Gasteiger partial charge in [-0.25, -0.2) is 0 Å². The van der Waals surface area contributed by atoms with Crippen molar-refractivity contribution in [2.75, 3.05) is 11.9 Å². The number of nitrogens with one attached hydrogen (secondary N) is 2. The van der Waals surface area contributed by atoms with Gasteiger partial charge in [-0.3, -0.25) is 9.59 Å². The van der Waals surface area contributed by atoms with Crippen LogP contribution in [0.15, 0.2) is 18.2 Å². The van der Waals surface area contributed by atoms with Crippen molar-refractivity contribution in [2.24, 2.45) is 0 Å². The number of carbonyl (C=O) groups excluding carboxylic acids is 2. The fourth-order valence-corrected chi connectivity index (χ4v) is 2.43. The molecule has 0 spiro atoms. The molecule has 1 fully saturated rings. The van der Waals surface area contributed by atoms with E-state index in [1.807, 2.05) is 0 Å². The fraction of sp³-hybridized carbons (Fsp3) is 0.467. The van der Waals surface area contributed by atoms with Crippen molar-refractivity contribution < 1.29 is 27.5 Å². The molecule has 1 atom stereocenters. The van der Waals surface area contributed by atoms with E-state index in [2.05, 4.69) is 10.6 Å². The largest absolute Gasteiger partial charge is 0.482 e. The van der Waals surface area contributed by atoms with Gasteiger partial charge in [-0.15, -0.1) is 0 Å². The first-order valence-corrected chi connectivity index (χ1v) is 7.72. The Morgan fingerprint density at radius 1 is 1.38 bits per heavy atom. The van der Waals surface area contributed by atoms with E-state index < -0.39 is 24.7 Å². The first kappa shape index (κ1) is 18.4. The van der Waals surface area contributed by atoms with Crippen molar-refractivity contribution in [1.82, 2.24) is 5.32 Å². The van der Waals surface area contributed by atoms with E-state index in [9.17, 15) is 22.8 Å². The maximum Gasteiger partial charge on any atom is 0.422 e. The summed E-state index contributed by atoms with van der Waals surface area (Å²) in [5.41, 5.74) is 0.0622. The third kappa shape index (κ3) is 5.59. The monoisotopic (exact) mass is 364 g/mol. The highest BCUT2D eigenvalue weighted by Gasteiger charge is 2.29. The summed E-state index contributed by atoms with van der Waals surface area (Å²) in [7, 11) is 0. The van der Waals surface area contributed by atoms with Gasteiger partial charge in [0.05, 0.1) is 5.69 Å². The van der Waals surface area contributed by atoms with Crippen LogP contribution in [0.3, 0.4) is 0 Å². The highest BCUT2D eigenvalue weighted by atomic mass is 35.5. The number of hydrogen-bond acceptors (Lipinski definition) is 3. The summed E-state index contributed by atoms with van der Waals surface area (Å²) in [4.78, 5) is 23.8. The summed E-state index contributed by atoms with van der Waals surface area (Å²) >= 11 is 5.76. The third-order valence-corrected chi connectivity index (χ3v) is 3.63. The molecule has 2 rings (SSSR count). The van der Waals surface area contributed by atoms with Crippen LogP contribution in [0, 0.1) is 0 Å². The summed E-state index contributed by atoms with van der Waals surface area (Å²) in [6.07, 6.45) is -2.31. The lowest BCUT2D eigenvalue weighted by Gasteiger charge is -2.18. The molecule has 5 nitrogen and oxygen atoms in total. The molecule has 1 unspecified atom stereocenters. The molecule has 0 radical (unpaired) electrons. The molecule has 1 heterocycles. The predicted octanol–water partition coefficient (Wildman–Crippen LogP) is 3.28. The van der Waals surface area contributed by atoms with Crippen molar-refractivity contribution in [3.63, 3.8) is 0 Å². The topological polar surface area (TPSA) is 67.4 Å². The zero-order valence-corrected chi connectivity index (χ0v) is 13.3. The molecule has 1 aromatic rings. The minimum Gasteiger partial charge on any atom is -0.482 e. The van der Waals surface area contributed by atoms with Crippen LogP contribution in [0.4, 0.5) is 18.9 Å². The van der Waals surface area contributed by atoms with Gasteiger partial charge >= 0.3 is 6.18 Å². The smallest absolute Gasteiger partial charge is 0.422 e. The Morgan fingerprint density at radius 2 is 2.12 bits per heavy atom. The van der Waals surface area contributed by atoms with Crippen molar-refractivity contribution in [3.8, 4) is 5.75 Å². The van der Waals surface area contributed by atoms with Crippen molar-refractivity contribution in [1.29, 1.82) is 0 Å². The molecule has 1 aromatic carbocycles. The first-order valence-electron chi connectivity index (χ1n) is 7.34. The number of rotatable bonds is 4. The molecular formula is C15H16ClF3N2O3. The second kappa shape index (κ2) is 7.74. The van der Waals surface area contributed by atoms with E-state index in [0.717, 1.165) is 0 Å². The van der Waals surface area contributed by atoms with E-state index in [1.165, 1.54) is 18.2 Å². The van der Waals surface area contributed by atoms with Crippen molar-refractivity contribution >= 4 is 29.1 Å². The zero-order valence-electron chi connectivity index (χ0n) is 12.6. The molecule has 0 aliphatic carbocycles. The van der Waals surface area contributed by atoms with Gasteiger partial charge in [-0.2, -0.15) is 13.2 Å². The molecule has 0 aromatic heterocycles. The highest BCUT2D eigenvalue weighted by molar-refractivity contribution is 6.30. The van der Waals surface area contributed by atoms with E-state index in [4.69, 9.17) is 16.3 Å². The summed E-state index contributed by atoms with van der Waals surface area (Å²) in [5, 5.41) is 5.25. The molecule has 2 amide bonds. The van der Waals surface area contributed by atoms with E-state index in [1.54, 1.807) is 0 Å². The van der Waals surface area contributed by atoms with Crippen LogP contribution in [0.5, 0.6) is 5.75 Å². The Morgan fingerprint density at radius 3 is 2.83 bits per heavy atom. The molecule has 0 saturated carbocycles. The van der Waals surface area contributed by atoms with E-state index in [-0.39, 0.29) is 22.4 Å². The van der Waals surface area contributed by atoms with Crippen LogP contribution in [-0.4, -0.2) is 30.6 Å². The van der Waals surface area contributed by atoms with Gasteiger partial charge < -0.3 is 15.4 Å². The van der Waals surface area contributed by atoms with Gasteiger partial charge in [0.15, 0.2) is 6.61 Å². The summed E-state index contributed by atoms with van der Waals surface area (Å²) in [6, 6.07) is 3.23. The van der Waals surface area contributed by atoms with Crippen LogP contribution in [0.2, 0.25) is 5.02 Å². The molecule has 132 valence electrons. The van der Waals surface area contributed by atoms with Crippen LogP contribution < -0.4 is 15.4 Å². The molecule has 2 N–H and O–H groups in total. The Hall–Kier alpha value is -1.96. The number of ether oxygens (including phenoxy) is 1. The van der Waals surface area contributed by atoms with E-state index in [0.29, 0.717) is 25.7 Å². The SMILES string of the molecule is O=C1CCCCC(C(=O)Nc2ccc(Cl)cc2OCC(F)(F)F)N1. The number of amides is 2. The Bertz CT molecular complexity index is 622. The quantitative estimate of drug-likeness (QED) is 0.861. The Balaban J connectivity index is 2.10. The lowest BCUT2D eigenvalue weighted by molar-refractivity contribution is -0.153. The lowest BCUT2D eigenvalue weighted by Crippen LogP contribution is -2.42. The summed E-state index contributed by atoms with van der Waals surface area (Å²) in [6.45, 7) is -1.50.